The molecule has 0 amide bonds. The summed E-state index contributed by atoms with van der Waals surface area (Å²) in [6.45, 7) is 13.0. The molecule has 1 heterocycles. The maximum atomic E-state index is 3.48. The molecule has 1 aliphatic heterocycles. The second kappa shape index (κ2) is 5.41. The van der Waals surface area contributed by atoms with E-state index in [9.17, 15) is 0 Å². The van der Waals surface area contributed by atoms with E-state index in [4.69, 9.17) is 0 Å². The van der Waals surface area contributed by atoms with Crippen molar-refractivity contribution in [3.05, 3.63) is 23.8 Å². The van der Waals surface area contributed by atoms with Gasteiger partial charge >= 0.3 is 0 Å². The van der Waals surface area contributed by atoms with Crippen molar-refractivity contribution in [3.8, 4) is 0 Å². The molecule has 0 aromatic carbocycles. The summed E-state index contributed by atoms with van der Waals surface area (Å²) in [5.41, 5.74) is 2.47. The van der Waals surface area contributed by atoms with Crippen LogP contribution in [0.4, 0.5) is 0 Å². The number of rotatable bonds is 2. The predicted molar refractivity (Wildman–Crippen MR) is 87.6 cm³/mol. The predicted octanol–water partition coefficient (Wildman–Crippen LogP) is 2.72. The van der Waals surface area contributed by atoms with Crippen molar-refractivity contribution in [2.75, 3.05) is 20.0 Å². The zero-order chi connectivity index (χ0) is 14.3. The molecular formula is C16H29N3Si. The van der Waals surface area contributed by atoms with E-state index in [2.05, 4.69) is 60.4 Å². The highest BCUT2D eigenvalue weighted by atomic mass is 28.3. The van der Waals surface area contributed by atoms with Gasteiger partial charge in [0, 0.05) is 20.0 Å². The van der Waals surface area contributed by atoms with Gasteiger partial charge in [-0.3, -0.25) is 15.2 Å². The molecule has 0 aromatic heterocycles. The second-order valence-electron chi connectivity index (χ2n) is 7.40. The van der Waals surface area contributed by atoms with Gasteiger partial charge in [0.05, 0.1) is 0 Å². The van der Waals surface area contributed by atoms with Crippen molar-refractivity contribution in [1.82, 2.24) is 15.2 Å². The lowest BCUT2D eigenvalue weighted by molar-refractivity contribution is 0.280. The van der Waals surface area contributed by atoms with Crippen LogP contribution in [0.1, 0.15) is 20.3 Å². The maximum Gasteiger partial charge on any atom is 0.129 e. The van der Waals surface area contributed by atoms with Crippen LogP contribution in [0.15, 0.2) is 23.8 Å². The minimum absolute atomic E-state index is 0.776. The molecule has 4 heteroatoms. The molecule has 20 heavy (non-hydrogen) atoms. The standard InChI is InChI=1S/C16H29N3Si/c1-12-6-5-7-14-15(12)8-13(2)16(14)20(3,4)19-10-17-9-18-11-19/h5-7,13-18H,8-11H2,1-4H3. The Hall–Kier alpha value is -0.423. The zero-order valence-electron chi connectivity index (χ0n) is 13.3. The minimum atomic E-state index is -1.44. The number of allylic oxidation sites excluding steroid dienone is 4. The maximum absolute atomic E-state index is 3.48. The fraction of sp³-hybridized carbons (Fsp3) is 0.750. The number of hydrogen-bond donors (Lipinski definition) is 2. The largest absolute Gasteiger partial charge is 0.299 e. The summed E-state index contributed by atoms with van der Waals surface area (Å²) < 4.78 is 2.71. The van der Waals surface area contributed by atoms with Crippen molar-refractivity contribution in [3.63, 3.8) is 0 Å². The molecule has 4 atom stereocenters. The smallest absolute Gasteiger partial charge is 0.129 e. The summed E-state index contributed by atoms with van der Waals surface area (Å²) >= 11 is 0. The molecule has 1 saturated carbocycles. The highest BCUT2D eigenvalue weighted by Crippen LogP contribution is 2.55. The van der Waals surface area contributed by atoms with Crippen LogP contribution in [0.25, 0.3) is 0 Å². The zero-order valence-corrected chi connectivity index (χ0v) is 14.3. The Bertz CT molecular complexity index is 423. The van der Waals surface area contributed by atoms with Crippen LogP contribution in [0.3, 0.4) is 0 Å². The van der Waals surface area contributed by atoms with Crippen molar-refractivity contribution >= 4 is 8.24 Å². The van der Waals surface area contributed by atoms with Crippen LogP contribution < -0.4 is 10.6 Å². The van der Waals surface area contributed by atoms with Gasteiger partial charge < -0.3 is 0 Å². The Labute approximate surface area is 124 Å². The molecule has 0 aromatic rings. The first-order chi connectivity index (χ1) is 9.51. The quantitative estimate of drug-likeness (QED) is 0.766. The van der Waals surface area contributed by atoms with Gasteiger partial charge in [-0.25, -0.2) is 0 Å². The third-order valence-electron chi connectivity index (χ3n) is 5.88. The first-order valence-corrected chi connectivity index (χ1v) is 11.1. The van der Waals surface area contributed by atoms with Gasteiger partial charge in [0.2, 0.25) is 0 Å². The molecular weight excluding hydrogens is 262 g/mol. The fourth-order valence-electron chi connectivity index (χ4n) is 4.85. The average molecular weight is 292 g/mol. The third kappa shape index (κ3) is 2.33. The third-order valence-corrected chi connectivity index (χ3v) is 10.4. The first kappa shape index (κ1) is 14.5. The summed E-state index contributed by atoms with van der Waals surface area (Å²) in [4.78, 5) is 0. The van der Waals surface area contributed by atoms with Gasteiger partial charge in [-0.05, 0) is 36.6 Å². The van der Waals surface area contributed by atoms with E-state index in [1.54, 1.807) is 5.57 Å². The number of hydrogen-bond acceptors (Lipinski definition) is 3. The summed E-state index contributed by atoms with van der Waals surface area (Å²) in [5, 5.41) is 6.96. The Morgan fingerprint density at radius 1 is 1.25 bits per heavy atom. The van der Waals surface area contributed by atoms with Crippen LogP contribution >= 0.6 is 0 Å². The molecule has 0 spiro atoms. The Morgan fingerprint density at radius 3 is 2.65 bits per heavy atom. The Balaban J connectivity index is 1.84. The van der Waals surface area contributed by atoms with Gasteiger partial charge in [-0.1, -0.05) is 43.8 Å². The van der Waals surface area contributed by atoms with Gasteiger partial charge in [-0.15, -0.1) is 0 Å². The normalized spacial score (nSPS) is 38.7. The van der Waals surface area contributed by atoms with Crippen LogP contribution in [0, 0.1) is 17.8 Å². The molecule has 2 fully saturated rings. The lowest BCUT2D eigenvalue weighted by atomic mass is 9.85. The topological polar surface area (TPSA) is 27.3 Å². The van der Waals surface area contributed by atoms with Gasteiger partial charge in [0.1, 0.15) is 8.24 Å². The highest BCUT2D eigenvalue weighted by molar-refractivity contribution is 6.76. The van der Waals surface area contributed by atoms with E-state index in [1.807, 2.05) is 0 Å². The minimum Gasteiger partial charge on any atom is -0.299 e. The molecule has 4 unspecified atom stereocenters. The Morgan fingerprint density at radius 2 is 1.95 bits per heavy atom. The van der Waals surface area contributed by atoms with E-state index in [1.165, 1.54) is 6.42 Å². The van der Waals surface area contributed by atoms with Crippen molar-refractivity contribution in [2.45, 2.75) is 38.9 Å². The molecule has 0 bridgehead atoms. The number of fused-ring (bicyclic) bond motifs is 1. The average Bonchev–Trinajstić information content (AvgIpc) is 2.78. The first-order valence-electron chi connectivity index (χ1n) is 8.03. The van der Waals surface area contributed by atoms with E-state index >= 15 is 0 Å². The van der Waals surface area contributed by atoms with Crippen LogP contribution in [-0.2, 0) is 0 Å². The molecule has 112 valence electrons. The number of nitrogens with one attached hydrogen (secondary N) is 2. The molecule has 3 nitrogen and oxygen atoms in total. The fourth-order valence-corrected chi connectivity index (χ4v) is 9.12. The van der Waals surface area contributed by atoms with Gasteiger partial charge in [0.15, 0.2) is 0 Å². The molecule has 2 N–H and O–H groups in total. The van der Waals surface area contributed by atoms with E-state index in [-0.39, 0.29) is 0 Å². The number of nitrogens with zero attached hydrogens (tertiary/aromatic N) is 1. The lowest BCUT2D eigenvalue weighted by Crippen LogP contribution is -2.63. The van der Waals surface area contributed by atoms with Crippen LogP contribution in [0.5, 0.6) is 0 Å². The van der Waals surface area contributed by atoms with E-state index < -0.39 is 8.24 Å². The molecule has 3 rings (SSSR count). The summed E-state index contributed by atoms with van der Waals surface area (Å²) in [5.74, 6) is 2.43. The highest BCUT2D eigenvalue weighted by Gasteiger charge is 2.51. The van der Waals surface area contributed by atoms with Crippen molar-refractivity contribution in [2.24, 2.45) is 17.8 Å². The van der Waals surface area contributed by atoms with Crippen LogP contribution in [-0.4, -0.2) is 32.8 Å². The molecule has 0 radical (unpaired) electrons. The van der Waals surface area contributed by atoms with E-state index in [0.29, 0.717) is 0 Å². The monoisotopic (exact) mass is 291 g/mol. The Kier molecular flexibility index (Phi) is 3.92. The molecule has 3 aliphatic rings. The summed E-state index contributed by atoms with van der Waals surface area (Å²) in [6, 6.07) is 0. The van der Waals surface area contributed by atoms with Crippen molar-refractivity contribution < 1.29 is 0 Å². The summed E-state index contributed by atoms with van der Waals surface area (Å²) in [7, 11) is -1.44. The van der Waals surface area contributed by atoms with Crippen LogP contribution in [0.2, 0.25) is 18.6 Å². The van der Waals surface area contributed by atoms with Crippen molar-refractivity contribution in [1.29, 1.82) is 0 Å². The summed E-state index contributed by atoms with van der Waals surface area (Å²) in [6.07, 6.45) is 8.52. The molecule has 2 aliphatic carbocycles. The SMILES string of the molecule is CC1=CC=CC2C1CC(C)C2[Si](C)(C)N1CNCNC1. The van der Waals surface area contributed by atoms with E-state index in [0.717, 1.165) is 43.3 Å². The van der Waals surface area contributed by atoms with Gasteiger partial charge in [0.25, 0.3) is 0 Å². The van der Waals surface area contributed by atoms with Gasteiger partial charge in [-0.2, -0.15) is 0 Å². The lowest BCUT2D eigenvalue weighted by Gasteiger charge is -2.47. The molecule has 1 saturated heterocycles. The second-order valence-corrected chi connectivity index (χ2v) is 12.0.